The van der Waals surface area contributed by atoms with Crippen molar-refractivity contribution in [3.63, 3.8) is 0 Å². The summed E-state index contributed by atoms with van der Waals surface area (Å²) in [4.78, 5) is 14.3. The number of anilines is 1. The van der Waals surface area contributed by atoms with E-state index in [2.05, 4.69) is 15.2 Å². The van der Waals surface area contributed by atoms with Crippen LogP contribution in [0.2, 0.25) is 0 Å². The minimum absolute atomic E-state index is 0.0526. The Bertz CT molecular complexity index is 1660. The molecule has 2 aliphatic rings. The van der Waals surface area contributed by atoms with Gasteiger partial charge in [0.05, 0.1) is 23.3 Å². The third-order valence-corrected chi connectivity index (χ3v) is 8.85. The van der Waals surface area contributed by atoms with Crippen LogP contribution in [0.15, 0.2) is 53.0 Å². The molecule has 5 rings (SSSR count). The number of aromatic nitrogens is 3. The van der Waals surface area contributed by atoms with E-state index in [1.54, 1.807) is 18.2 Å². The fraction of sp³-hybridized carbons (Fsp3) is 0.400. The van der Waals surface area contributed by atoms with Crippen LogP contribution >= 0.6 is 0 Å². The highest BCUT2D eigenvalue weighted by Crippen LogP contribution is 2.48. The van der Waals surface area contributed by atoms with E-state index in [9.17, 15) is 44.9 Å². The van der Waals surface area contributed by atoms with E-state index in [1.807, 2.05) is 0 Å². The molecule has 4 heterocycles. The summed E-state index contributed by atoms with van der Waals surface area (Å²) in [6.07, 6.45) is -9.20. The molecule has 0 N–H and O–H groups in total. The van der Waals surface area contributed by atoms with Crippen molar-refractivity contribution in [1.29, 1.82) is 0 Å². The summed E-state index contributed by atoms with van der Waals surface area (Å²) in [7, 11) is -4.36. The van der Waals surface area contributed by atoms with Crippen molar-refractivity contribution < 1.29 is 48.8 Å². The molecule has 18 heteroatoms. The van der Waals surface area contributed by atoms with Crippen LogP contribution < -0.4 is 4.31 Å². The zero-order valence-corrected chi connectivity index (χ0v) is 22.6. The van der Waals surface area contributed by atoms with Crippen LogP contribution in [0.4, 0.5) is 37.8 Å². The number of alkyl halides is 6. The van der Waals surface area contributed by atoms with Crippen LogP contribution in [0.3, 0.4) is 0 Å². The summed E-state index contributed by atoms with van der Waals surface area (Å²) < 4.78 is 124. The van der Waals surface area contributed by atoms with Gasteiger partial charge in [-0.3, -0.25) is 10.1 Å². The lowest BCUT2D eigenvalue weighted by atomic mass is 9.95. The molecule has 1 aromatic carbocycles. The van der Waals surface area contributed by atoms with Gasteiger partial charge in [-0.1, -0.05) is 42.5 Å². The second kappa shape index (κ2) is 10.9. The van der Waals surface area contributed by atoms with Crippen molar-refractivity contribution in [2.75, 3.05) is 10.1 Å². The molecular formula is C25H21F6N5O6S. The first kappa shape index (κ1) is 30.4. The van der Waals surface area contributed by atoms with Crippen molar-refractivity contribution >= 4 is 21.5 Å². The molecule has 0 saturated carbocycles. The molecule has 0 aliphatic carbocycles. The average Bonchev–Trinajstić information content (AvgIpc) is 3.53. The van der Waals surface area contributed by atoms with E-state index in [-0.39, 0.29) is 25.3 Å². The number of benzene rings is 1. The molecule has 2 unspecified atom stereocenters. The predicted octanol–water partition coefficient (Wildman–Crippen LogP) is 5.68. The highest BCUT2D eigenvalue weighted by molar-refractivity contribution is 7.93. The zero-order chi connectivity index (χ0) is 31.2. The molecule has 2 aromatic heterocycles. The fourth-order valence-electron chi connectivity index (χ4n) is 4.92. The molecule has 230 valence electrons. The van der Waals surface area contributed by atoms with Gasteiger partial charge in [-0.05, 0) is 31.2 Å². The summed E-state index contributed by atoms with van der Waals surface area (Å²) in [6, 6.07) is 6.80. The number of halogens is 6. The van der Waals surface area contributed by atoms with Gasteiger partial charge in [-0.25, -0.2) is 17.7 Å². The standard InChI is InChI=1S/C25H21F6N5O6S/c26-24(27,28)17-13-18(36(37)38)19-21-33-34-22(42-21)23(25(29,30)31,41-14-15-7-3-1-4-8-15)11-6-2-5-9-16-10-12-43(39,40)35(16)20(17)32-19/h1-5,7-8,13,16H,6,9-12,14H2/b5-2-. The Morgan fingerprint density at radius 3 is 2.49 bits per heavy atom. The summed E-state index contributed by atoms with van der Waals surface area (Å²) in [5.41, 5.74) is -6.97. The number of hydrogen-bond donors (Lipinski definition) is 0. The maximum atomic E-state index is 14.8. The number of pyridine rings is 1. The molecule has 2 atom stereocenters. The van der Waals surface area contributed by atoms with Crippen LogP contribution in [0, 0.1) is 10.1 Å². The Morgan fingerprint density at radius 1 is 1.12 bits per heavy atom. The molecular weight excluding hydrogens is 612 g/mol. The van der Waals surface area contributed by atoms with Gasteiger partial charge < -0.3 is 9.15 Å². The summed E-state index contributed by atoms with van der Waals surface area (Å²) in [5.74, 6) is -3.94. The summed E-state index contributed by atoms with van der Waals surface area (Å²) >= 11 is 0. The Labute approximate surface area is 239 Å². The molecule has 3 aromatic rings. The minimum Gasteiger partial charge on any atom is -0.415 e. The minimum atomic E-state index is -5.30. The Balaban J connectivity index is 1.75. The van der Waals surface area contributed by atoms with Gasteiger partial charge in [-0.15, -0.1) is 10.2 Å². The third kappa shape index (κ3) is 5.67. The quantitative estimate of drug-likeness (QED) is 0.154. The van der Waals surface area contributed by atoms with Gasteiger partial charge in [0.1, 0.15) is 5.56 Å². The maximum absolute atomic E-state index is 14.8. The fourth-order valence-corrected chi connectivity index (χ4v) is 6.73. The van der Waals surface area contributed by atoms with Gasteiger partial charge in [0.2, 0.25) is 21.3 Å². The molecule has 11 nitrogen and oxygen atoms in total. The normalized spacial score (nSPS) is 22.9. The highest BCUT2D eigenvalue weighted by atomic mass is 32.2. The van der Waals surface area contributed by atoms with E-state index >= 15 is 0 Å². The number of allylic oxidation sites excluding steroid dienone is 1. The maximum Gasteiger partial charge on any atom is 0.426 e. The largest absolute Gasteiger partial charge is 0.426 e. The Hall–Kier alpha value is -4.06. The van der Waals surface area contributed by atoms with Gasteiger partial charge in [-0.2, -0.15) is 26.3 Å². The monoisotopic (exact) mass is 633 g/mol. The number of rotatable bonds is 4. The first-order valence-corrected chi connectivity index (χ1v) is 14.3. The number of nitrogens with zero attached hydrogens (tertiary/aromatic N) is 5. The van der Waals surface area contributed by atoms with Crippen LogP contribution in [0.5, 0.6) is 0 Å². The number of ether oxygens (including phenoxy) is 1. The average molecular weight is 634 g/mol. The molecule has 1 saturated heterocycles. The third-order valence-electron chi connectivity index (χ3n) is 7.03. The molecule has 0 radical (unpaired) electrons. The van der Waals surface area contributed by atoms with Crippen LogP contribution in [0.25, 0.3) is 11.6 Å². The number of hydrogen-bond acceptors (Lipinski definition) is 9. The van der Waals surface area contributed by atoms with Crippen molar-refractivity contribution in [3.8, 4) is 11.6 Å². The highest BCUT2D eigenvalue weighted by Gasteiger charge is 2.61. The summed E-state index contributed by atoms with van der Waals surface area (Å²) in [5, 5.41) is 18.8. The second-order valence-electron chi connectivity index (χ2n) is 9.79. The molecule has 0 amide bonds. The molecule has 0 spiro atoms. The number of fused-ring (bicyclic) bond motifs is 7. The first-order chi connectivity index (χ1) is 20.1. The van der Waals surface area contributed by atoms with E-state index in [0.717, 1.165) is 0 Å². The van der Waals surface area contributed by atoms with E-state index in [0.29, 0.717) is 9.87 Å². The first-order valence-electron chi connectivity index (χ1n) is 12.7. The van der Waals surface area contributed by atoms with E-state index in [1.165, 1.54) is 24.3 Å². The molecule has 43 heavy (non-hydrogen) atoms. The lowest BCUT2D eigenvalue weighted by Gasteiger charge is -2.32. The van der Waals surface area contributed by atoms with Gasteiger partial charge in [0.25, 0.3) is 11.8 Å². The molecule has 1 fully saturated rings. The zero-order valence-electron chi connectivity index (χ0n) is 21.8. The topological polar surface area (TPSA) is 142 Å². The summed E-state index contributed by atoms with van der Waals surface area (Å²) in [6.45, 7) is -0.556. The second-order valence-corrected chi connectivity index (χ2v) is 11.8. The van der Waals surface area contributed by atoms with Crippen molar-refractivity contribution in [3.05, 3.63) is 75.7 Å². The SMILES string of the molecule is O=[N+]([O-])c1cc(C(F)(F)F)c2nc1-c1nnc(o1)C(OCc1ccccc1)(C(F)(F)F)CC/C=C\CC1CCS(=O)(=O)N21. The van der Waals surface area contributed by atoms with Crippen molar-refractivity contribution in [1.82, 2.24) is 15.2 Å². The van der Waals surface area contributed by atoms with Gasteiger partial charge >= 0.3 is 18.0 Å². The lowest BCUT2D eigenvalue weighted by Crippen LogP contribution is -2.45. The molecule has 4 bridgehead atoms. The van der Waals surface area contributed by atoms with Crippen molar-refractivity contribution in [2.45, 2.75) is 56.3 Å². The predicted molar refractivity (Wildman–Crippen MR) is 136 cm³/mol. The van der Waals surface area contributed by atoms with Crippen LogP contribution in [0.1, 0.15) is 42.7 Å². The van der Waals surface area contributed by atoms with E-state index in [4.69, 9.17) is 9.15 Å². The number of sulfonamides is 1. The van der Waals surface area contributed by atoms with Gasteiger partial charge in [0, 0.05) is 6.07 Å². The van der Waals surface area contributed by atoms with Crippen LogP contribution in [-0.2, 0) is 33.1 Å². The lowest BCUT2D eigenvalue weighted by molar-refractivity contribution is -0.384. The van der Waals surface area contributed by atoms with Crippen molar-refractivity contribution in [2.24, 2.45) is 0 Å². The smallest absolute Gasteiger partial charge is 0.415 e. The Morgan fingerprint density at radius 2 is 1.84 bits per heavy atom. The van der Waals surface area contributed by atoms with Crippen LogP contribution in [-0.4, -0.2) is 46.5 Å². The Kier molecular flexibility index (Phi) is 7.70. The number of nitro groups is 1. The van der Waals surface area contributed by atoms with E-state index < -0.39 is 92.3 Å². The van der Waals surface area contributed by atoms with Gasteiger partial charge in [0.15, 0.2) is 5.82 Å². The molecule has 2 aliphatic heterocycles.